The Balaban J connectivity index is 1.52. The van der Waals surface area contributed by atoms with E-state index in [0.29, 0.717) is 24.9 Å². The Morgan fingerprint density at radius 1 is 1.06 bits per heavy atom. The standard InChI is InChI=1S/C21H24N6O4S/c1-25(2)19-18(20(28)24-29)14-22-21(23-19)26-9-11-27(12-10-26)32(30,31)17-8-7-15-5-3-4-6-16(15)13-17/h3-8,13-14,29H,9-12H2,1-2H3,(H,24,28). The van der Waals surface area contributed by atoms with E-state index >= 15 is 0 Å². The van der Waals surface area contributed by atoms with Crippen LogP contribution in [0.1, 0.15) is 10.4 Å². The third-order valence-electron chi connectivity index (χ3n) is 5.41. The van der Waals surface area contributed by atoms with Crippen LogP contribution in [0.15, 0.2) is 53.6 Å². The Bertz CT molecular complexity index is 1260. The maximum absolute atomic E-state index is 13.2. The quantitative estimate of drug-likeness (QED) is 0.436. The normalized spacial score (nSPS) is 15.0. The molecule has 0 aliphatic carbocycles. The summed E-state index contributed by atoms with van der Waals surface area (Å²) in [5.74, 6) is 0.0465. The average Bonchev–Trinajstić information content (AvgIpc) is 2.82. The predicted octanol–water partition coefficient (Wildman–Crippen LogP) is 1.33. The number of hydrogen-bond donors (Lipinski definition) is 2. The molecule has 2 heterocycles. The Kier molecular flexibility index (Phi) is 5.96. The van der Waals surface area contributed by atoms with E-state index in [1.54, 1.807) is 36.6 Å². The zero-order valence-corrected chi connectivity index (χ0v) is 18.6. The van der Waals surface area contributed by atoms with Gasteiger partial charge >= 0.3 is 0 Å². The van der Waals surface area contributed by atoms with Crippen LogP contribution in [0.4, 0.5) is 11.8 Å². The van der Waals surface area contributed by atoms with Crippen molar-refractivity contribution in [1.82, 2.24) is 19.8 Å². The number of benzene rings is 2. The van der Waals surface area contributed by atoms with Crippen LogP contribution in [-0.4, -0.2) is 74.1 Å². The van der Waals surface area contributed by atoms with Gasteiger partial charge in [0.05, 0.1) is 4.90 Å². The molecule has 168 valence electrons. The minimum atomic E-state index is -3.63. The average molecular weight is 457 g/mol. The molecule has 1 aliphatic rings. The van der Waals surface area contributed by atoms with Crippen LogP contribution in [0.5, 0.6) is 0 Å². The monoisotopic (exact) mass is 456 g/mol. The summed E-state index contributed by atoms with van der Waals surface area (Å²) >= 11 is 0. The van der Waals surface area contributed by atoms with E-state index in [0.717, 1.165) is 10.8 Å². The van der Waals surface area contributed by atoms with E-state index in [2.05, 4.69) is 9.97 Å². The fraction of sp³-hybridized carbons (Fsp3) is 0.286. The molecule has 1 amide bonds. The van der Waals surface area contributed by atoms with Gasteiger partial charge in [-0.05, 0) is 22.9 Å². The maximum atomic E-state index is 13.2. The summed E-state index contributed by atoms with van der Waals surface area (Å²) < 4.78 is 27.8. The number of nitrogens with one attached hydrogen (secondary N) is 1. The molecule has 11 heteroatoms. The third-order valence-corrected chi connectivity index (χ3v) is 7.30. The highest BCUT2D eigenvalue weighted by molar-refractivity contribution is 7.89. The number of hydrogen-bond acceptors (Lipinski definition) is 8. The number of piperazine rings is 1. The number of nitrogens with zero attached hydrogens (tertiary/aromatic N) is 5. The van der Waals surface area contributed by atoms with Crippen molar-refractivity contribution in [1.29, 1.82) is 0 Å². The molecule has 0 radical (unpaired) electrons. The van der Waals surface area contributed by atoms with E-state index in [1.165, 1.54) is 10.5 Å². The number of aromatic nitrogens is 2. The highest BCUT2D eigenvalue weighted by atomic mass is 32.2. The maximum Gasteiger partial charge on any atom is 0.279 e. The van der Waals surface area contributed by atoms with Crippen molar-refractivity contribution < 1.29 is 18.4 Å². The lowest BCUT2D eigenvalue weighted by atomic mass is 10.1. The zero-order chi connectivity index (χ0) is 22.9. The first-order chi connectivity index (χ1) is 15.3. The van der Waals surface area contributed by atoms with Crippen LogP contribution >= 0.6 is 0 Å². The molecule has 0 spiro atoms. The minimum absolute atomic E-state index is 0.138. The molecule has 0 unspecified atom stereocenters. The van der Waals surface area contributed by atoms with Crippen LogP contribution in [0.25, 0.3) is 10.8 Å². The van der Waals surface area contributed by atoms with Crippen LogP contribution in [0.2, 0.25) is 0 Å². The molecule has 3 aromatic rings. The van der Waals surface area contributed by atoms with E-state index < -0.39 is 15.9 Å². The van der Waals surface area contributed by atoms with E-state index in [9.17, 15) is 13.2 Å². The molecular formula is C21H24N6O4S. The molecule has 10 nitrogen and oxygen atoms in total. The topological polar surface area (TPSA) is 119 Å². The molecule has 1 saturated heterocycles. The van der Waals surface area contributed by atoms with Gasteiger partial charge in [0, 0.05) is 46.5 Å². The molecule has 1 aromatic heterocycles. The molecule has 0 saturated carbocycles. The lowest BCUT2D eigenvalue weighted by Crippen LogP contribution is -2.49. The van der Waals surface area contributed by atoms with Crippen LogP contribution in [0, 0.1) is 0 Å². The number of sulfonamides is 1. The van der Waals surface area contributed by atoms with Crippen LogP contribution < -0.4 is 15.3 Å². The van der Waals surface area contributed by atoms with Gasteiger partial charge in [0.25, 0.3) is 5.91 Å². The fourth-order valence-corrected chi connectivity index (χ4v) is 5.14. The lowest BCUT2D eigenvalue weighted by Gasteiger charge is -2.34. The Labute approximate surface area is 186 Å². The molecule has 1 aliphatic heterocycles. The van der Waals surface area contributed by atoms with Gasteiger partial charge in [0.1, 0.15) is 11.4 Å². The van der Waals surface area contributed by atoms with Crippen molar-refractivity contribution in [3.8, 4) is 0 Å². The van der Waals surface area contributed by atoms with Gasteiger partial charge in [-0.1, -0.05) is 30.3 Å². The van der Waals surface area contributed by atoms with Crippen LogP contribution in [0.3, 0.4) is 0 Å². The molecule has 2 aromatic carbocycles. The summed E-state index contributed by atoms with van der Waals surface area (Å²) in [5, 5.41) is 10.8. The summed E-state index contributed by atoms with van der Waals surface area (Å²) in [5.41, 5.74) is 1.73. The smallest absolute Gasteiger partial charge is 0.279 e. The highest BCUT2D eigenvalue weighted by Gasteiger charge is 2.30. The van der Waals surface area contributed by atoms with E-state index in [1.807, 2.05) is 35.2 Å². The Morgan fingerprint density at radius 2 is 1.75 bits per heavy atom. The van der Waals surface area contributed by atoms with Gasteiger partial charge < -0.3 is 9.80 Å². The zero-order valence-electron chi connectivity index (χ0n) is 17.8. The van der Waals surface area contributed by atoms with Gasteiger partial charge in [-0.2, -0.15) is 9.29 Å². The number of carbonyl (C=O) groups is 1. The highest BCUT2D eigenvalue weighted by Crippen LogP contribution is 2.24. The Hall–Kier alpha value is -3.28. The minimum Gasteiger partial charge on any atom is -0.362 e. The van der Waals surface area contributed by atoms with Crippen molar-refractivity contribution in [2.45, 2.75) is 4.90 Å². The summed E-state index contributed by atoms with van der Waals surface area (Å²) in [4.78, 5) is 24.3. The van der Waals surface area contributed by atoms with Crippen molar-refractivity contribution in [3.05, 3.63) is 54.2 Å². The van der Waals surface area contributed by atoms with E-state index in [-0.39, 0.29) is 23.5 Å². The second-order valence-corrected chi connectivity index (χ2v) is 9.58. The summed E-state index contributed by atoms with van der Waals surface area (Å²) in [6.45, 7) is 1.39. The SMILES string of the molecule is CN(C)c1nc(N2CCN(S(=O)(=O)c3ccc4ccccc4c3)CC2)ncc1C(=O)NO. The molecule has 4 rings (SSSR count). The van der Waals surface area contributed by atoms with Gasteiger partial charge in [-0.15, -0.1) is 0 Å². The fourth-order valence-electron chi connectivity index (χ4n) is 3.68. The van der Waals surface area contributed by atoms with Crippen molar-refractivity contribution in [2.75, 3.05) is 50.1 Å². The predicted molar refractivity (Wildman–Crippen MR) is 121 cm³/mol. The van der Waals surface area contributed by atoms with Crippen LogP contribution in [-0.2, 0) is 10.0 Å². The number of anilines is 2. The molecule has 0 bridgehead atoms. The molecule has 0 atom stereocenters. The van der Waals surface area contributed by atoms with Gasteiger partial charge in [0.2, 0.25) is 16.0 Å². The Morgan fingerprint density at radius 3 is 2.41 bits per heavy atom. The second-order valence-electron chi connectivity index (χ2n) is 7.64. The summed E-state index contributed by atoms with van der Waals surface area (Å²) in [6, 6.07) is 12.8. The van der Waals surface area contributed by atoms with Gasteiger partial charge in [0.15, 0.2) is 0 Å². The second kappa shape index (κ2) is 8.69. The molecule has 2 N–H and O–H groups in total. The summed E-state index contributed by atoms with van der Waals surface area (Å²) in [6.07, 6.45) is 1.35. The number of carbonyl (C=O) groups excluding carboxylic acids is 1. The third kappa shape index (κ3) is 4.09. The first kappa shape index (κ1) is 21.9. The first-order valence-corrected chi connectivity index (χ1v) is 11.5. The number of rotatable bonds is 5. The first-order valence-electron chi connectivity index (χ1n) is 10.0. The number of amides is 1. The van der Waals surface area contributed by atoms with Crippen molar-refractivity contribution >= 4 is 38.5 Å². The van der Waals surface area contributed by atoms with Crippen molar-refractivity contribution in [3.63, 3.8) is 0 Å². The number of hydroxylamine groups is 1. The lowest BCUT2D eigenvalue weighted by molar-refractivity contribution is 0.0706. The van der Waals surface area contributed by atoms with Gasteiger partial charge in [-0.25, -0.2) is 18.9 Å². The molecule has 1 fully saturated rings. The number of fused-ring (bicyclic) bond motifs is 1. The van der Waals surface area contributed by atoms with E-state index in [4.69, 9.17) is 5.21 Å². The molecule has 32 heavy (non-hydrogen) atoms. The van der Waals surface area contributed by atoms with Crippen molar-refractivity contribution in [2.24, 2.45) is 0 Å². The largest absolute Gasteiger partial charge is 0.362 e. The summed E-state index contributed by atoms with van der Waals surface area (Å²) in [7, 11) is -0.164. The molecular weight excluding hydrogens is 432 g/mol. The van der Waals surface area contributed by atoms with Gasteiger partial charge in [-0.3, -0.25) is 10.0 Å².